The van der Waals surface area contributed by atoms with Gasteiger partial charge in [0.2, 0.25) is 16.9 Å². The van der Waals surface area contributed by atoms with Crippen molar-refractivity contribution in [2.75, 3.05) is 6.54 Å². The summed E-state index contributed by atoms with van der Waals surface area (Å²) in [5.41, 5.74) is 1.10. The molecule has 0 aliphatic carbocycles. The number of aromatic nitrogens is 2. The van der Waals surface area contributed by atoms with E-state index in [9.17, 15) is 4.79 Å². The van der Waals surface area contributed by atoms with Crippen LogP contribution in [0.1, 0.15) is 16.2 Å². The highest BCUT2D eigenvalue weighted by molar-refractivity contribution is 6.32. The van der Waals surface area contributed by atoms with Crippen molar-refractivity contribution < 1.29 is 13.7 Å². The molecule has 0 aliphatic rings. The number of nitrogens with one attached hydrogen (secondary N) is 1. The maximum Gasteiger partial charge on any atom is 0.256 e. The molecule has 0 atom stereocenters. The van der Waals surface area contributed by atoms with Crippen LogP contribution in [0, 0.1) is 0 Å². The maximum absolute atomic E-state index is 11.8. The molecule has 0 aliphatic heterocycles. The molecule has 23 heavy (non-hydrogen) atoms. The summed E-state index contributed by atoms with van der Waals surface area (Å²) in [4.78, 5) is 16.1. The van der Waals surface area contributed by atoms with Crippen LogP contribution in [0.3, 0.4) is 0 Å². The van der Waals surface area contributed by atoms with Gasteiger partial charge in [0.15, 0.2) is 0 Å². The molecule has 1 aromatic carbocycles. The number of halogens is 2. The van der Waals surface area contributed by atoms with Crippen molar-refractivity contribution >= 4 is 29.1 Å². The van der Waals surface area contributed by atoms with Crippen LogP contribution >= 0.6 is 23.2 Å². The number of carbonyl (C=O) groups excluding carboxylic acids is 1. The molecular weight excluding hydrogens is 341 g/mol. The lowest BCUT2D eigenvalue weighted by molar-refractivity contribution is 0.0953. The summed E-state index contributed by atoms with van der Waals surface area (Å²) in [6, 6.07) is 8.62. The van der Waals surface area contributed by atoms with Gasteiger partial charge in [0, 0.05) is 23.6 Å². The second kappa shape index (κ2) is 6.85. The zero-order chi connectivity index (χ0) is 16.2. The van der Waals surface area contributed by atoms with Gasteiger partial charge in [-0.2, -0.15) is 4.98 Å². The molecule has 8 heteroatoms. The van der Waals surface area contributed by atoms with Gasteiger partial charge >= 0.3 is 0 Å². The molecule has 0 radical (unpaired) electrons. The number of furan rings is 1. The predicted molar refractivity (Wildman–Crippen MR) is 84.5 cm³/mol. The molecule has 2 heterocycles. The van der Waals surface area contributed by atoms with Crippen LogP contribution in [0.25, 0.3) is 11.4 Å². The van der Waals surface area contributed by atoms with E-state index in [1.165, 1.54) is 12.3 Å². The SMILES string of the molecule is O=C(NCCc1nc(-c2ccc(Cl)cc2)no1)c1ccoc1Cl. The van der Waals surface area contributed by atoms with E-state index in [0.29, 0.717) is 35.3 Å². The summed E-state index contributed by atoms with van der Waals surface area (Å²) in [5, 5.41) is 7.30. The normalized spacial score (nSPS) is 10.7. The third-order valence-electron chi connectivity index (χ3n) is 3.06. The highest BCUT2D eigenvalue weighted by atomic mass is 35.5. The van der Waals surface area contributed by atoms with Crippen LogP contribution in [0.4, 0.5) is 0 Å². The van der Waals surface area contributed by atoms with Gasteiger partial charge in [-0.3, -0.25) is 4.79 Å². The number of hydrogen-bond acceptors (Lipinski definition) is 5. The Hall–Kier alpha value is -2.31. The molecule has 0 saturated carbocycles. The van der Waals surface area contributed by atoms with E-state index in [1.54, 1.807) is 24.3 Å². The van der Waals surface area contributed by atoms with Crippen molar-refractivity contribution in [1.29, 1.82) is 0 Å². The first-order valence-corrected chi connectivity index (χ1v) is 7.49. The highest BCUT2D eigenvalue weighted by Crippen LogP contribution is 2.19. The van der Waals surface area contributed by atoms with Crippen molar-refractivity contribution in [3.8, 4) is 11.4 Å². The minimum absolute atomic E-state index is 0.0605. The second-order valence-electron chi connectivity index (χ2n) is 4.63. The quantitative estimate of drug-likeness (QED) is 0.759. The molecule has 2 aromatic heterocycles. The minimum Gasteiger partial charge on any atom is -0.452 e. The molecule has 0 unspecified atom stereocenters. The molecule has 0 saturated heterocycles. The molecule has 0 bridgehead atoms. The molecule has 1 amide bonds. The van der Waals surface area contributed by atoms with Crippen molar-refractivity contribution in [2.45, 2.75) is 6.42 Å². The van der Waals surface area contributed by atoms with Gasteiger partial charge in [-0.25, -0.2) is 0 Å². The zero-order valence-corrected chi connectivity index (χ0v) is 13.3. The van der Waals surface area contributed by atoms with Crippen LogP contribution in [-0.4, -0.2) is 22.6 Å². The molecule has 1 N–H and O–H groups in total. The minimum atomic E-state index is -0.318. The van der Waals surface area contributed by atoms with E-state index in [1.807, 2.05) is 0 Å². The second-order valence-corrected chi connectivity index (χ2v) is 5.41. The third-order valence-corrected chi connectivity index (χ3v) is 3.60. The molecule has 118 valence electrons. The van der Waals surface area contributed by atoms with E-state index in [2.05, 4.69) is 15.5 Å². The Morgan fingerprint density at radius 1 is 1.17 bits per heavy atom. The number of amides is 1. The lowest BCUT2D eigenvalue weighted by Gasteiger charge is -2.00. The third kappa shape index (κ3) is 3.72. The Kier molecular flexibility index (Phi) is 4.64. The van der Waals surface area contributed by atoms with Crippen molar-refractivity contribution in [3.63, 3.8) is 0 Å². The molecular formula is C15H11Cl2N3O3. The van der Waals surface area contributed by atoms with Crippen LogP contribution in [-0.2, 0) is 6.42 Å². The summed E-state index contributed by atoms with van der Waals surface area (Å²) in [6.07, 6.45) is 1.76. The first-order chi connectivity index (χ1) is 11.1. The lowest BCUT2D eigenvalue weighted by atomic mass is 10.2. The molecule has 3 aromatic rings. The molecule has 6 nitrogen and oxygen atoms in total. The molecule has 0 spiro atoms. The topological polar surface area (TPSA) is 81.2 Å². The van der Waals surface area contributed by atoms with Crippen LogP contribution in [0.5, 0.6) is 0 Å². The Morgan fingerprint density at radius 3 is 2.65 bits per heavy atom. The fraction of sp³-hybridized carbons (Fsp3) is 0.133. The van der Waals surface area contributed by atoms with E-state index >= 15 is 0 Å². The van der Waals surface area contributed by atoms with Crippen LogP contribution in [0.2, 0.25) is 10.2 Å². The lowest BCUT2D eigenvalue weighted by Crippen LogP contribution is -2.25. The molecule has 3 rings (SSSR count). The number of carbonyl (C=O) groups is 1. The van der Waals surface area contributed by atoms with E-state index < -0.39 is 0 Å². The maximum atomic E-state index is 11.8. The zero-order valence-electron chi connectivity index (χ0n) is 11.8. The van der Waals surface area contributed by atoms with Gasteiger partial charge in [0.05, 0.1) is 11.8 Å². The van der Waals surface area contributed by atoms with E-state index in [4.69, 9.17) is 32.1 Å². The summed E-state index contributed by atoms with van der Waals surface area (Å²) in [7, 11) is 0. The van der Waals surface area contributed by atoms with Crippen LogP contribution < -0.4 is 5.32 Å². The number of nitrogens with zero attached hydrogens (tertiary/aromatic N) is 2. The number of rotatable bonds is 5. The van der Waals surface area contributed by atoms with Gasteiger partial charge in [0.25, 0.3) is 5.91 Å². The Labute approximate surface area is 141 Å². The van der Waals surface area contributed by atoms with E-state index in [-0.39, 0.29) is 11.1 Å². The van der Waals surface area contributed by atoms with Gasteiger partial charge < -0.3 is 14.3 Å². The van der Waals surface area contributed by atoms with Gasteiger partial charge in [-0.15, -0.1) is 0 Å². The van der Waals surface area contributed by atoms with E-state index in [0.717, 1.165) is 5.56 Å². The van der Waals surface area contributed by atoms with Crippen LogP contribution in [0.15, 0.2) is 45.5 Å². The first-order valence-electron chi connectivity index (χ1n) is 6.73. The first kappa shape index (κ1) is 15.6. The Morgan fingerprint density at radius 2 is 1.96 bits per heavy atom. The summed E-state index contributed by atoms with van der Waals surface area (Å²) in [6.45, 7) is 0.336. The largest absolute Gasteiger partial charge is 0.452 e. The molecule has 0 fully saturated rings. The average molecular weight is 352 g/mol. The number of benzene rings is 1. The Balaban J connectivity index is 1.56. The fourth-order valence-electron chi connectivity index (χ4n) is 1.91. The predicted octanol–water partition coefficient (Wildman–Crippen LogP) is 3.61. The van der Waals surface area contributed by atoms with Crippen molar-refractivity contribution in [1.82, 2.24) is 15.5 Å². The van der Waals surface area contributed by atoms with Crippen molar-refractivity contribution in [3.05, 3.63) is 58.3 Å². The summed E-state index contributed by atoms with van der Waals surface area (Å²) >= 11 is 11.6. The smallest absolute Gasteiger partial charge is 0.256 e. The highest BCUT2D eigenvalue weighted by Gasteiger charge is 2.13. The number of hydrogen-bond donors (Lipinski definition) is 1. The Bertz CT molecular complexity index is 811. The van der Waals surface area contributed by atoms with Gasteiger partial charge in [-0.1, -0.05) is 16.8 Å². The van der Waals surface area contributed by atoms with Gasteiger partial charge in [-0.05, 0) is 41.9 Å². The fourth-order valence-corrected chi connectivity index (χ4v) is 2.23. The standard InChI is InChI=1S/C15H11Cl2N3O3/c16-10-3-1-9(2-4-10)14-19-12(23-20-14)5-7-18-15(21)11-6-8-22-13(11)17/h1-4,6,8H,5,7H2,(H,18,21). The monoisotopic (exact) mass is 351 g/mol. The van der Waals surface area contributed by atoms with Crippen molar-refractivity contribution in [2.24, 2.45) is 0 Å². The average Bonchev–Trinajstić information content (AvgIpc) is 3.17. The van der Waals surface area contributed by atoms with Gasteiger partial charge in [0.1, 0.15) is 0 Å². The summed E-state index contributed by atoms with van der Waals surface area (Å²) in [5.74, 6) is 0.579. The summed E-state index contributed by atoms with van der Waals surface area (Å²) < 4.78 is 10.0.